The summed E-state index contributed by atoms with van der Waals surface area (Å²) in [5.74, 6) is 0. The molecule has 1 fully saturated rings. The van der Waals surface area contributed by atoms with Crippen LogP contribution in [-0.2, 0) is 4.74 Å². The first-order chi connectivity index (χ1) is 11.5. The number of benzene rings is 2. The van der Waals surface area contributed by atoms with E-state index in [1.807, 2.05) is 25.1 Å². The van der Waals surface area contributed by atoms with Gasteiger partial charge in [0.25, 0.3) is 0 Å². The van der Waals surface area contributed by atoms with Crippen molar-refractivity contribution in [2.45, 2.75) is 6.92 Å². The normalized spacial score (nSPS) is 13.6. The fraction of sp³-hybridized carbons (Fsp3) is 0.176. The van der Waals surface area contributed by atoms with Crippen LogP contribution < -0.4 is 15.5 Å². The molecule has 3 rings (SSSR count). The average Bonchev–Trinajstić information content (AvgIpc) is 2.98. The number of hydrogen-bond acceptors (Lipinski definition) is 3. The molecule has 0 aliphatic carbocycles. The number of aryl methyl sites for hydroxylation is 1. The van der Waals surface area contributed by atoms with E-state index in [-0.39, 0.29) is 12.1 Å². The Morgan fingerprint density at radius 1 is 1.12 bits per heavy atom. The summed E-state index contributed by atoms with van der Waals surface area (Å²) >= 11 is 3.43. The first-order valence-corrected chi connectivity index (χ1v) is 8.21. The number of carbonyl (C=O) groups is 2. The molecule has 7 heteroatoms. The van der Waals surface area contributed by atoms with Gasteiger partial charge in [0.15, 0.2) is 0 Å². The van der Waals surface area contributed by atoms with Crippen LogP contribution in [0.3, 0.4) is 0 Å². The number of anilines is 3. The number of urea groups is 1. The van der Waals surface area contributed by atoms with E-state index in [2.05, 4.69) is 26.6 Å². The van der Waals surface area contributed by atoms with Crippen molar-refractivity contribution in [2.75, 3.05) is 28.7 Å². The van der Waals surface area contributed by atoms with Crippen molar-refractivity contribution >= 4 is 45.1 Å². The van der Waals surface area contributed by atoms with Gasteiger partial charge in [-0.15, -0.1) is 0 Å². The van der Waals surface area contributed by atoms with Crippen LogP contribution in [-0.4, -0.2) is 25.3 Å². The Hall–Kier alpha value is -2.54. The summed E-state index contributed by atoms with van der Waals surface area (Å²) in [6.07, 6.45) is -0.349. The van der Waals surface area contributed by atoms with Gasteiger partial charge in [-0.25, -0.2) is 9.59 Å². The van der Waals surface area contributed by atoms with Crippen LogP contribution in [0.2, 0.25) is 0 Å². The van der Waals surface area contributed by atoms with E-state index >= 15 is 0 Å². The predicted molar refractivity (Wildman–Crippen MR) is 96.7 cm³/mol. The molecule has 1 aliphatic heterocycles. The van der Waals surface area contributed by atoms with Gasteiger partial charge in [0.2, 0.25) is 0 Å². The third kappa shape index (κ3) is 3.68. The first-order valence-electron chi connectivity index (χ1n) is 7.41. The highest BCUT2D eigenvalue weighted by Gasteiger charge is 2.23. The van der Waals surface area contributed by atoms with Gasteiger partial charge < -0.3 is 15.4 Å². The molecule has 2 N–H and O–H groups in total. The lowest BCUT2D eigenvalue weighted by atomic mass is 10.2. The Kier molecular flexibility index (Phi) is 4.71. The molecule has 0 saturated carbocycles. The minimum Gasteiger partial charge on any atom is -0.447 e. The summed E-state index contributed by atoms with van der Waals surface area (Å²) < 4.78 is 5.84. The van der Waals surface area contributed by atoms with Gasteiger partial charge in [-0.3, -0.25) is 4.90 Å². The summed E-state index contributed by atoms with van der Waals surface area (Å²) in [6.45, 7) is 2.91. The zero-order valence-electron chi connectivity index (χ0n) is 13.0. The van der Waals surface area contributed by atoms with Gasteiger partial charge in [-0.1, -0.05) is 22.0 Å². The quantitative estimate of drug-likeness (QED) is 0.818. The molecule has 0 spiro atoms. The van der Waals surface area contributed by atoms with Crippen LogP contribution >= 0.6 is 15.9 Å². The van der Waals surface area contributed by atoms with Crippen LogP contribution in [0.5, 0.6) is 0 Å². The molecule has 0 bridgehead atoms. The highest BCUT2D eigenvalue weighted by Crippen LogP contribution is 2.22. The molecule has 124 valence electrons. The average molecular weight is 390 g/mol. The zero-order valence-corrected chi connectivity index (χ0v) is 14.6. The maximum Gasteiger partial charge on any atom is 0.414 e. The molecular weight excluding hydrogens is 374 g/mol. The van der Waals surface area contributed by atoms with Crippen molar-refractivity contribution in [1.82, 2.24) is 0 Å². The van der Waals surface area contributed by atoms with Crippen LogP contribution in [0.25, 0.3) is 0 Å². The second-order valence-electron chi connectivity index (χ2n) is 5.36. The van der Waals surface area contributed by atoms with Crippen LogP contribution in [0.15, 0.2) is 46.9 Å². The number of rotatable bonds is 3. The smallest absolute Gasteiger partial charge is 0.414 e. The highest BCUT2D eigenvalue weighted by molar-refractivity contribution is 9.10. The molecule has 24 heavy (non-hydrogen) atoms. The molecule has 0 radical (unpaired) electrons. The van der Waals surface area contributed by atoms with Crippen LogP contribution in [0.1, 0.15) is 5.56 Å². The van der Waals surface area contributed by atoms with Crippen molar-refractivity contribution in [3.8, 4) is 0 Å². The van der Waals surface area contributed by atoms with E-state index in [0.717, 1.165) is 15.7 Å². The van der Waals surface area contributed by atoms with Gasteiger partial charge in [0, 0.05) is 21.5 Å². The van der Waals surface area contributed by atoms with Crippen molar-refractivity contribution in [1.29, 1.82) is 0 Å². The third-order valence-electron chi connectivity index (χ3n) is 3.63. The minimum absolute atomic E-state index is 0.334. The number of nitrogens with zero attached hydrogens (tertiary/aromatic N) is 1. The first kappa shape index (κ1) is 16.3. The van der Waals surface area contributed by atoms with E-state index in [9.17, 15) is 9.59 Å². The van der Waals surface area contributed by atoms with E-state index in [1.54, 1.807) is 29.2 Å². The predicted octanol–water partition coefficient (Wildman–Crippen LogP) is 4.36. The summed E-state index contributed by atoms with van der Waals surface area (Å²) in [4.78, 5) is 25.1. The molecule has 1 aliphatic rings. The molecule has 6 nitrogen and oxygen atoms in total. The molecule has 0 aromatic heterocycles. The summed E-state index contributed by atoms with van der Waals surface area (Å²) in [5, 5.41) is 5.52. The Bertz CT molecular complexity index is 777. The van der Waals surface area contributed by atoms with Gasteiger partial charge in [0.05, 0.1) is 6.54 Å². The molecule has 3 amide bonds. The summed E-state index contributed by atoms with van der Waals surface area (Å²) in [6, 6.07) is 12.3. The number of ether oxygens (including phenoxy) is 1. The van der Waals surface area contributed by atoms with Gasteiger partial charge in [-0.05, 0) is 48.9 Å². The second-order valence-corrected chi connectivity index (χ2v) is 6.21. The Labute approximate surface area is 147 Å². The van der Waals surface area contributed by atoms with E-state index in [0.29, 0.717) is 24.5 Å². The minimum atomic E-state index is -0.349. The topological polar surface area (TPSA) is 70.7 Å². The number of cyclic esters (lactones) is 1. The maximum absolute atomic E-state index is 12.0. The number of nitrogens with one attached hydrogen (secondary N) is 2. The fourth-order valence-electron chi connectivity index (χ4n) is 2.32. The fourth-order valence-corrected chi connectivity index (χ4v) is 2.70. The number of amides is 3. The summed E-state index contributed by atoms with van der Waals surface area (Å²) in [5.41, 5.74) is 3.17. The van der Waals surface area contributed by atoms with Gasteiger partial charge >= 0.3 is 12.1 Å². The summed E-state index contributed by atoms with van der Waals surface area (Å²) in [7, 11) is 0. The van der Waals surface area contributed by atoms with Crippen LogP contribution in [0, 0.1) is 6.92 Å². The Morgan fingerprint density at radius 3 is 2.42 bits per heavy atom. The number of carbonyl (C=O) groups excluding carboxylic acids is 2. The zero-order chi connectivity index (χ0) is 17.1. The SMILES string of the molecule is Cc1ccc(NC(=O)Nc2ccc(N3CCOC3=O)cc2)cc1Br. The largest absolute Gasteiger partial charge is 0.447 e. The Morgan fingerprint density at radius 2 is 1.79 bits per heavy atom. The lowest BCUT2D eigenvalue weighted by Gasteiger charge is -2.13. The molecule has 0 unspecified atom stereocenters. The lowest BCUT2D eigenvalue weighted by Crippen LogP contribution is -2.23. The molecule has 1 heterocycles. The monoisotopic (exact) mass is 389 g/mol. The van der Waals surface area contributed by atoms with E-state index in [4.69, 9.17) is 4.74 Å². The standard InChI is InChI=1S/C17H16BrN3O3/c1-11-2-3-13(10-15(11)18)20-16(22)19-12-4-6-14(7-5-12)21-8-9-24-17(21)23/h2-7,10H,8-9H2,1H3,(H2,19,20,22). The molecule has 2 aromatic carbocycles. The molecular formula is C17H16BrN3O3. The van der Waals surface area contributed by atoms with Gasteiger partial charge in [-0.2, -0.15) is 0 Å². The number of halogens is 1. The third-order valence-corrected chi connectivity index (χ3v) is 4.48. The van der Waals surface area contributed by atoms with Crippen LogP contribution in [0.4, 0.5) is 26.7 Å². The highest BCUT2D eigenvalue weighted by atomic mass is 79.9. The second kappa shape index (κ2) is 6.92. The van der Waals surface area contributed by atoms with E-state index < -0.39 is 0 Å². The number of hydrogen-bond donors (Lipinski definition) is 2. The van der Waals surface area contributed by atoms with Crippen molar-refractivity contribution in [3.63, 3.8) is 0 Å². The van der Waals surface area contributed by atoms with E-state index in [1.165, 1.54) is 0 Å². The van der Waals surface area contributed by atoms with Gasteiger partial charge in [0.1, 0.15) is 6.61 Å². The van der Waals surface area contributed by atoms with Crippen molar-refractivity contribution in [2.24, 2.45) is 0 Å². The molecule has 1 saturated heterocycles. The molecule has 0 atom stereocenters. The van der Waals surface area contributed by atoms with Crippen molar-refractivity contribution < 1.29 is 14.3 Å². The molecule has 2 aromatic rings. The lowest BCUT2D eigenvalue weighted by molar-refractivity contribution is 0.181. The Balaban J connectivity index is 1.62. The maximum atomic E-state index is 12.0. The van der Waals surface area contributed by atoms with Crippen molar-refractivity contribution in [3.05, 3.63) is 52.5 Å².